The molecule has 2 heterocycles. The van der Waals surface area contributed by atoms with Crippen molar-refractivity contribution in [2.45, 2.75) is 56.5 Å². The molecule has 1 aliphatic carbocycles. The molecule has 1 saturated carbocycles. The molecule has 0 N–H and O–H groups in total. The Kier molecular flexibility index (Phi) is 4.76. The summed E-state index contributed by atoms with van der Waals surface area (Å²) in [4.78, 5) is 3.89. The normalized spacial score (nSPS) is 22.0. The molecule has 2 atom stereocenters. The standard InChI is InChI=1S/C16H21FN4S/c1-11-4-3-5-15(6-11)21-12(2)19-20-16(21)22-10-13-7-14(17)9-18-8-13/h7-9,11,15H,3-6,10H2,1-2H3/t11-,15-/m0/s1. The monoisotopic (exact) mass is 320 g/mol. The predicted molar refractivity (Wildman–Crippen MR) is 85.2 cm³/mol. The Balaban J connectivity index is 1.74. The number of hydrogen-bond donors (Lipinski definition) is 0. The maximum atomic E-state index is 13.2. The quantitative estimate of drug-likeness (QED) is 0.793. The van der Waals surface area contributed by atoms with Crippen LogP contribution in [0.15, 0.2) is 23.6 Å². The van der Waals surface area contributed by atoms with E-state index in [1.807, 2.05) is 6.92 Å². The molecular formula is C16H21FN4S. The molecule has 0 radical (unpaired) electrons. The fraction of sp³-hybridized carbons (Fsp3) is 0.562. The van der Waals surface area contributed by atoms with E-state index in [1.54, 1.807) is 18.0 Å². The molecular weight excluding hydrogens is 299 g/mol. The molecule has 6 heteroatoms. The molecule has 22 heavy (non-hydrogen) atoms. The summed E-state index contributed by atoms with van der Waals surface area (Å²) < 4.78 is 15.5. The van der Waals surface area contributed by atoms with E-state index in [-0.39, 0.29) is 5.82 Å². The third kappa shape index (κ3) is 3.48. The van der Waals surface area contributed by atoms with Crippen molar-refractivity contribution in [1.29, 1.82) is 0 Å². The number of halogens is 1. The molecule has 2 aromatic heterocycles. The SMILES string of the molecule is Cc1nnc(SCc2cncc(F)c2)n1[C@H]1CCC[C@H](C)C1. The lowest BCUT2D eigenvalue weighted by atomic mass is 9.87. The van der Waals surface area contributed by atoms with E-state index < -0.39 is 0 Å². The minimum Gasteiger partial charge on any atom is -0.303 e. The van der Waals surface area contributed by atoms with Gasteiger partial charge in [-0.3, -0.25) is 4.98 Å². The van der Waals surface area contributed by atoms with Gasteiger partial charge in [-0.15, -0.1) is 10.2 Å². The summed E-state index contributed by atoms with van der Waals surface area (Å²) in [7, 11) is 0. The first-order valence-electron chi connectivity index (χ1n) is 7.77. The fourth-order valence-electron chi connectivity index (χ4n) is 3.19. The molecule has 0 spiro atoms. The van der Waals surface area contributed by atoms with Crippen LogP contribution in [0.3, 0.4) is 0 Å². The Morgan fingerprint density at radius 3 is 2.95 bits per heavy atom. The van der Waals surface area contributed by atoms with Crippen molar-refractivity contribution >= 4 is 11.8 Å². The van der Waals surface area contributed by atoms with E-state index >= 15 is 0 Å². The number of aryl methyl sites for hydroxylation is 1. The molecule has 4 nitrogen and oxygen atoms in total. The zero-order chi connectivity index (χ0) is 15.5. The zero-order valence-corrected chi connectivity index (χ0v) is 13.8. The highest BCUT2D eigenvalue weighted by Gasteiger charge is 2.24. The van der Waals surface area contributed by atoms with Crippen LogP contribution in [-0.4, -0.2) is 19.7 Å². The molecule has 0 unspecified atom stereocenters. The van der Waals surface area contributed by atoms with E-state index in [4.69, 9.17) is 0 Å². The highest BCUT2D eigenvalue weighted by atomic mass is 32.2. The molecule has 0 amide bonds. The van der Waals surface area contributed by atoms with Gasteiger partial charge >= 0.3 is 0 Å². The van der Waals surface area contributed by atoms with Gasteiger partial charge in [0.05, 0.1) is 6.20 Å². The second kappa shape index (κ2) is 6.77. The van der Waals surface area contributed by atoms with Crippen LogP contribution >= 0.6 is 11.8 Å². The van der Waals surface area contributed by atoms with E-state index in [9.17, 15) is 4.39 Å². The van der Waals surface area contributed by atoms with Crippen LogP contribution in [0.25, 0.3) is 0 Å². The van der Waals surface area contributed by atoms with Crippen LogP contribution < -0.4 is 0 Å². The number of hydrogen-bond acceptors (Lipinski definition) is 4. The fourth-order valence-corrected chi connectivity index (χ4v) is 4.16. The summed E-state index contributed by atoms with van der Waals surface area (Å²) in [5.74, 6) is 2.09. The van der Waals surface area contributed by atoms with Crippen molar-refractivity contribution < 1.29 is 4.39 Å². The van der Waals surface area contributed by atoms with E-state index in [2.05, 4.69) is 26.7 Å². The van der Waals surface area contributed by atoms with Crippen molar-refractivity contribution in [3.05, 3.63) is 35.7 Å². The maximum absolute atomic E-state index is 13.2. The largest absolute Gasteiger partial charge is 0.303 e. The number of thioether (sulfide) groups is 1. The summed E-state index contributed by atoms with van der Waals surface area (Å²) in [5, 5.41) is 9.50. The Morgan fingerprint density at radius 1 is 1.32 bits per heavy atom. The average Bonchev–Trinajstić information content (AvgIpc) is 2.86. The molecule has 0 saturated heterocycles. The van der Waals surface area contributed by atoms with Crippen LogP contribution in [0.1, 0.15) is 50.0 Å². The second-order valence-corrected chi connectivity index (χ2v) is 7.07. The molecule has 3 rings (SSSR count). The highest BCUT2D eigenvalue weighted by Crippen LogP contribution is 2.35. The molecule has 118 valence electrons. The molecule has 0 aromatic carbocycles. The maximum Gasteiger partial charge on any atom is 0.191 e. The van der Waals surface area contributed by atoms with Gasteiger partial charge in [0.2, 0.25) is 0 Å². The Morgan fingerprint density at radius 2 is 2.18 bits per heavy atom. The Labute approximate surface area is 134 Å². The van der Waals surface area contributed by atoms with Crippen molar-refractivity contribution in [1.82, 2.24) is 19.7 Å². The van der Waals surface area contributed by atoms with Gasteiger partial charge in [-0.05, 0) is 37.3 Å². The van der Waals surface area contributed by atoms with Gasteiger partial charge in [-0.25, -0.2) is 4.39 Å². The lowest BCUT2D eigenvalue weighted by Gasteiger charge is -2.29. The van der Waals surface area contributed by atoms with E-state index in [1.165, 1.54) is 37.9 Å². The third-order valence-electron chi connectivity index (χ3n) is 4.24. The molecule has 1 fully saturated rings. The lowest BCUT2D eigenvalue weighted by molar-refractivity contribution is 0.268. The molecule has 2 aromatic rings. The minimum absolute atomic E-state index is 0.295. The number of rotatable bonds is 4. The van der Waals surface area contributed by atoms with E-state index in [0.29, 0.717) is 11.8 Å². The summed E-state index contributed by atoms with van der Waals surface area (Å²) in [6, 6.07) is 2.02. The van der Waals surface area contributed by atoms with Crippen LogP contribution in [0.4, 0.5) is 4.39 Å². The summed E-state index contributed by atoms with van der Waals surface area (Å²) in [6.45, 7) is 4.33. The number of pyridine rings is 1. The highest BCUT2D eigenvalue weighted by molar-refractivity contribution is 7.98. The summed E-state index contributed by atoms with van der Waals surface area (Å²) >= 11 is 1.61. The predicted octanol–water partition coefficient (Wildman–Crippen LogP) is 4.16. The topological polar surface area (TPSA) is 43.6 Å². The van der Waals surface area contributed by atoms with Gasteiger partial charge in [-0.2, -0.15) is 0 Å². The smallest absolute Gasteiger partial charge is 0.191 e. The Hall–Kier alpha value is -1.43. The van der Waals surface area contributed by atoms with E-state index in [0.717, 1.165) is 22.5 Å². The van der Waals surface area contributed by atoms with Crippen LogP contribution in [0.5, 0.6) is 0 Å². The Bertz CT molecular complexity index is 643. The van der Waals surface area contributed by atoms with Gasteiger partial charge in [0.25, 0.3) is 0 Å². The van der Waals surface area contributed by atoms with Gasteiger partial charge in [0.15, 0.2) is 5.16 Å². The molecule has 1 aliphatic rings. The molecule has 0 aliphatic heterocycles. The summed E-state index contributed by atoms with van der Waals surface area (Å²) in [5.41, 5.74) is 0.870. The van der Waals surface area contributed by atoms with Crippen LogP contribution in [-0.2, 0) is 5.75 Å². The van der Waals surface area contributed by atoms with Crippen LogP contribution in [0.2, 0.25) is 0 Å². The number of nitrogens with zero attached hydrogens (tertiary/aromatic N) is 4. The van der Waals surface area contributed by atoms with Crippen molar-refractivity contribution in [3.63, 3.8) is 0 Å². The van der Waals surface area contributed by atoms with Gasteiger partial charge < -0.3 is 4.57 Å². The average molecular weight is 320 g/mol. The molecule has 0 bridgehead atoms. The van der Waals surface area contributed by atoms with Crippen molar-refractivity contribution in [2.24, 2.45) is 5.92 Å². The lowest BCUT2D eigenvalue weighted by Crippen LogP contribution is -2.19. The van der Waals surface area contributed by atoms with Gasteiger partial charge in [0, 0.05) is 18.0 Å². The summed E-state index contributed by atoms with van der Waals surface area (Å²) in [6.07, 6.45) is 7.89. The second-order valence-electron chi connectivity index (χ2n) is 6.13. The van der Waals surface area contributed by atoms with Crippen molar-refractivity contribution in [2.75, 3.05) is 0 Å². The first-order valence-corrected chi connectivity index (χ1v) is 8.76. The number of aromatic nitrogens is 4. The minimum atomic E-state index is -0.295. The first-order chi connectivity index (χ1) is 10.6. The van der Waals surface area contributed by atoms with Crippen molar-refractivity contribution in [3.8, 4) is 0 Å². The zero-order valence-electron chi connectivity index (χ0n) is 13.0. The third-order valence-corrected chi connectivity index (χ3v) is 5.25. The van der Waals surface area contributed by atoms with Gasteiger partial charge in [-0.1, -0.05) is 31.5 Å². The first kappa shape index (κ1) is 15.5. The van der Waals surface area contributed by atoms with Crippen LogP contribution in [0, 0.1) is 18.7 Å². The van der Waals surface area contributed by atoms with Gasteiger partial charge in [0.1, 0.15) is 11.6 Å².